The molecule has 2 aromatic rings. The van der Waals surface area contributed by atoms with Crippen LogP contribution in [0.3, 0.4) is 0 Å². The Balaban J connectivity index is 2.28. The average molecular weight is 299 g/mol. The summed E-state index contributed by atoms with van der Waals surface area (Å²) in [6.07, 6.45) is 1.97. The maximum Gasteiger partial charge on any atom is 0.0155 e. The molecule has 0 saturated heterocycles. The molecule has 0 aliphatic carbocycles. The number of rotatable bonds is 5. The fraction of sp³-hybridized carbons (Fsp3) is 0.368. The molecule has 2 N–H and O–H groups in total. The minimum absolute atomic E-state index is 0.242. The second kappa shape index (κ2) is 7.15. The molecule has 0 aliphatic rings. The van der Waals surface area contributed by atoms with Crippen molar-refractivity contribution in [2.24, 2.45) is 5.73 Å². The first-order chi connectivity index (χ1) is 9.99. The Morgan fingerprint density at radius 1 is 1.00 bits per heavy atom. The molecule has 2 aromatic carbocycles. The molecular formula is C19H25NS. The highest BCUT2D eigenvalue weighted by molar-refractivity contribution is 7.99. The summed E-state index contributed by atoms with van der Waals surface area (Å²) in [6, 6.07) is 13.6. The van der Waals surface area contributed by atoms with E-state index in [2.05, 4.69) is 64.1 Å². The predicted octanol–water partition coefficient (Wildman–Crippen LogP) is 5.04. The topological polar surface area (TPSA) is 26.0 Å². The maximum atomic E-state index is 6.15. The summed E-state index contributed by atoms with van der Waals surface area (Å²) in [5, 5.41) is 0. The van der Waals surface area contributed by atoms with Crippen molar-refractivity contribution in [3.63, 3.8) is 0 Å². The van der Waals surface area contributed by atoms with Gasteiger partial charge in [0.1, 0.15) is 0 Å². The molecule has 1 nitrogen and oxygen atoms in total. The third kappa shape index (κ3) is 4.36. The zero-order valence-electron chi connectivity index (χ0n) is 13.4. The summed E-state index contributed by atoms with van der Waals surface area (Å²) < 4.78 is 0. The second-order valence-electron chi connectivity index (χ2n) is 5.83. The van der Waals surface area contributed by atoms with Crippen LogP contribution in [-0.4, -0.2) is 6.04 Å². The summed E-state index contributed by atoms with van der Waals surface area (Å²) in [7, 11) is 0. The van der Waals surface area contributed by atoms with E-state index in [1.54, 1.807) is 0 Å². The molecule has 0 amide bonds. The van der Waals surface area contributed by atoms with E-state index in [0.717, 1.165) is 12.8 Å². The molecule has 0 fully saturated rings. The quantitative estimate of drug-likeness (QED) is 0.836. The molecule has 2 rings (SSSR count). The normalized spacial score (nSPS) is 12.4. The number of hydrogen-bond donors (Lipinski definition) is 1. The van der Waals surface area contributed by atoms with Crippen LogP contribution >= 0.6 is 11.8 Å². The fourth-order valence-corrected chi connectivity index (χ4v) is 3.33. The summed E-state index contributed by atoms with van der Waals surface area (Å²) in [6.45, 7) is 8.62. The third-order valence-corrected chi connectivity index (χ3v) is 5.04. The van der Waals surface area contributed by atoms with Gasteiger partial charge in [0.05, 0.1) is 0 Å². The van der Waals surface area contributed by atoms with Crippen LogP contribution in [0.5, 0.6) is 0 Å². The summed E-state index contributed by atoms with van der Waals surface area (Å²) in [4.78, 5) is 2.63. The van der Waals surface area contributed by atoms with Gasteiger partial charge in [0.15, 0.2) is 0 Å². The molecule has 0 saturated carbocycles. The first-order valence-corrected chi connectivity index (χ1v) is 8.41. The predicted molar refractivity (Wildman–Crippen MR) is 93.2 cm³/mol. The van der Waals surface area contributed by atoms with E-state index in [0.29, 0.717) is 0 Å². The van der Waals surface area contributed by atoms with Gasteiger partial charge in [-0.15, -0.1) is 0 Å². The molecule has 112 valence electrons. The highest BCUT2D eigenvalue weighted by atomic mass is 32.2. The zero-order valence-corrected chi connectivity index (χ0v) is 14.3. The van der Waals surface area contributed by atoms with Crippen molar-refractivity contribution in [3.8, 4) is 0 Å². The van der Waals surface area contributed by atoms with Crippen LogP contribution in [0.25, 0.3) is 0 Å². The van der Waals surface area contributed by atoms with Gasteiger partial charge in [-0.25, -0.2) is 0 Å². The first kappa shape index (κ1) is 16.1. The number of nitrogens with two attached hydrogens (primary N) is 1. The van der Waals surface area contributed by atoms with E-state index < -0.39 is 0 Å². The molecule has 0 heterocycles. The standard InChI is InChI=1S/C19H25NS/c1-5-17(20)12-16-10-13(2)6-9-19(16)21-18-8-7-14(3)15(4)11-18/h6-11,17H,5,12,20H2,1-4H3. The van der Waals surface area contributed by atoms with Crippen LogP contribution < -0.4 is 5.73 Å². The van der Waals surface area contributed by atoms with E-state index in [1.807, 2.05) is 11.8 Å². The van der Waals surface area contributed by atoms with Crippen LogP contribution in [0, 0.1) is 20.8 Å². The largest absolute Gasteiger partial charge is 0.327 e. The second-order valence-corrected chi connectivity index (χ2v) is 6.95. The summed E-state index contributed by atoms with van der Waals surface area (Å²) in [5.74, 6) is 0. The molecule has 2 heteroatoms. The minimum atomic E-state index is 0.242. The Morgan fingerprint density at radius 3 is 2.43 bits per heavy atom. The summed E-state index contributed by atoms with van der Waals surface area (Å²) >= 11 is 1.84. The van der Waals surface area contributed by atoms with Gasteiger partial charge in [0, 0.05) is 15.8 Å². The first-order valence-electron chi connectivity index (χ1n) is 7.59. The molecule has 0 radical (unpaired) electrons. The lowest BCUT2D eigenvalue weighted by molar-refractivity contribution is 0.641. The van der Waals surface area contributed by atoms with Crippen LogP contribution in [0.15, 0.2) is 46.2 Å². The van der Waals surface area contributed by atoms with Crippen molar-refractivity contribution in [1.29, 1.82) is 0 Å². The van der Waals surface area contributed by atoms with Crippen molar-refractivity contribution in [1.82, 2.24) is 0 Å². The Morgan fingerprint density at radius 2 is 1.76 bits per heavy atom. The van der Waals surface area contributed by atoms with Gasteiger partial charge in [-0.05, 0) is 68.5 Å². The number of hydrogen-bond acceptors (Lipinski definition) is 2. The van der Waals surface area contributed by atoms with Crippen molar-refractivity contribution < 1.29 is 0 Å². The summed E-state index contributed by atoms with van der Waals surface area (Å²) in [5.41, 5.74) is 11.5. The Labute approximate surface area is 133 Å². The molecule has 1 atom stereocenters. The van der Waals surface area contributed by atoms with Crippen LogP contribution in [0.1, 0.15) is 35.6 Å². The Kier molecular flexibility index (Phi) is 5.49. The van der Waals surface area contributed by atoms with E-state index in [9.17, 15) is 0 Å². The van der Waals surface area contributed by atoms with Gasteiger partial charge in [0.2, 0.25) is 0 Å². The maximum absolute atomic E-state index is 6.15. The van der Waals surface area contributed by atoms with E-state index >= 15 is 0 Å². The van der Waals surface area contributed by atoms with Gasteiger partial charge in [-0.1, -0.05) is 42.4 Å². The third-order valence-electron chi connectivity index (χ3n) is 3.93. The molecule has 0 aromatic heterocycles. The van der Waals surface area contributed by atoms with Gasteiger partial charge in [-0.3, -0.25) is 0 Å². The molecule has 0 bridgehead atoms. The lowest BCUT2D eigenvalue weighted by Gasteiger charge is -2.14. The molecule has 21 heavy (non-hydrogen) atoms. The minimum Gasteiger partial charge on any atom is -0.327 e. The zero-order chi connectivity index (χ0) is 15.4. The number of benzene rings is 2. The smallest absolute Gasteiger partial charge is 0.0155 e. The monoisotopic (exact) mass is 299 g/mol. The SMILES string of the molecule is CCC(N)Cc1cc(C)ccc1Sc1ccc(C)c(C)c1. The van der Waals surface area contributed by atoms with Gasteiger partial charge in [-0.2, -0.15) is 0 Å². The number of aryl methyl sites for hydroxylation is 3. The van der Waals surface area contributed by atoms with Crippen LogP contribution in [-0.2, 0) is 6.42 Å². The highest BCUT2D eigenvalue weighted by Crippen LogP contribution is 2.32. The van der Waals surface area contributed by atoms with E-state index in [-0.39, 0.29) is 6.04 Å². The Bertz CT molecular complexity index is 619. The van der Waals surface area contributed by atoms with Crippen molar-refractivity contribution >= 4 is 11.8 Å². The fourth-order valence-electron chi connectivity index (χ4n) is 2.30. The van der Waals surface area contributed by atoms with Crippen LogP contribution in [0.4, 0.5) is 0 Å². The molecule has 1 unspecified atom stereocenters. The molecular weight excluding hydrogens is 274 g/mol. The molecule has 0 spiro atoms. The highest BCUT2D eigenvalue weighted by Gasteiger charge is 2.09. The van der Waals surface area contributed by atoms with Crippen LogP contribution in [0.2, 0.25) is 0 Å². The lowest BCUT2D eigenvalue weighted by atomic mass is 10.0. The van der Waals surface area contributed by atoms with Crippen molar-refractivity contribution in [2.75, 3.05) is 0 Å². The van der Waals surface area contributed by atoms with E-state index in [4.69, 9.17) is 5.73 Å². The van der Waals surface area contributed by atoms with Gasteiger partial charge in [0.25, 0.3) is 0 Å². The van der Waals surface area contributed by atoms with Gasteiger partial charge < -0.3 is 5.73 Å². The van der Waals surface area contributed by atoms with Gasteiger partial charge >= 0.3 is 0 Å². The Hall–Kier alpha value is -1.25. The molecule has 0 aliphatic heterocycles. The van der Waals surface area contributed by atoms with Crippen molar-refractivity contribution in [2.45, 2.75) is 56.4 Å². The van der Waals surface area contributed by atoms with Crippen molar-refractivity contribution in [3.05, 3.63) is 58.7 Å². The van der Waals surface area contributed by atoms with E-state index in [1.165, 1.54) is 32.0 Å². The average Bonchev–Trinajstić information content (AvgIpc) is 2.45. The lowest BCUT2D eigenvalue weighted by Crippen LogP contribution is -2.21.